The summed E-state index contributed by atoms with van der Waals surface area (Å²) in [6.07, 6.45) is 0.115. The molecule has 0 unspecified atom stereocenters. The lowest BCUT2D eigenvalue weighted by atomic mass is 10.1. The van der Waals surface area contributed by atoms with E-state index in [0.717, 1.165) is 22.2 Å². The van der Waals surface area contributed by atoms with Crippen LogP contribution in [0, 0.1) is 13.8 Å². The highest BCUT2D eigenvalue weighted by atomic mass is 32.1. The minimum absolute atomic E-state index is 0.0917. The van der Waals surface area contributed by atoms with Gasteiger partial charge in [-0.1, -0.05) is 18.2 Å². The molecule has 0 fully saturated rings. The number of nitrogens with zero attached hydrogens (tertiary/aromatic N) is 3. The van der Waals surface area contributed by atoms with Crippen molar-refractivity contribution in [2.75, 3.05) is 0 Å². The van der Waals surface area contributed by atoms with E-state index < -0.39 is 5.91 Å². The molecule has 0 bridgehead atoms. The van der Waals surface area contributed by atoms with Gasteiger partial charge in [0.1, 0.15) is 5.01 Å². The monoisotopic (exact) mass is 314 g/mol. The van der Waals surface area contributed by atoms with Crippen molar-refractivity contribution in [1.29, 1.82) is 0 Å². The first kappa shape index (κ1) is 14.4. The number of rotatable bonds is 3. The van der Waals surface area contributed by atoms with Crippen molar-refractivity contribution in [3.05, 3.63) is 39.8 Å². The topological polar surface area (TPSA) is 90.7 Å². The second-order valence-corrected chi connectivity index (χ2v) is 5.92. The smallest absolute Gasteiger partial charge is 0.271 e. The van der Waals surface area contributed by atoms with Crippen LogP contribution in [0.1, 0.15) is 16.3 Å². The number of thiazole rings is 1. The fourth-order valence-electron chi connectivity index (χ4n) is 2.19. The predicted octanol–water partition coefficient (Wildman–Crippen LogP) is 3.80. The summed E-state index contributed by atoms with van der Waals surface area (Å²) in [5.74, 6) is -0.485. The van der Waals surface area contributed by atoms with Crippen LogP contribution in [0.15, 0.2) is 33.8 Å². The molecule has 0 saturated carbocycles. The molecule has 0 radical (unpaired) electrons. The van der Waals surface area contributed by atoms with Crippen molar-refractivity contribution in [2.24, 2.45) is 10.2 Å². The number of fused-ring (bicyclic) bond motifs is 1. The lowest BCUT2D eigenvalue weighted by molar-refractivity contribution is -0.117. The van der Waals surface area contributed by atoms with Crippen LogP contribution in [0.2, 0.25) is 0 Å². The Hall–Kier alpha value is -2.54. The summed E-state index contributed by atoms with van der Waals surface area (Å²) in [4.78, 5) is 18.9. The summed E-state index contributed by atoms with van der Waals surface area (Å²) < 4.78 is 0. The first-order chi connectivity index (χ1) is 10.5. The van der Waals surface area contributed by atoms with Crippen molar-refractivity contribution in [1.82, 2.24) is 9.97 Å². The number of aromatic nitrogens is 2. The highest BCUT2D eigenvalue weighted by molar-refractivity contribution is 7.09. The predicted molar refractivity (Wildman–Crippen MR) is 84.8 cm³/mol. The van der Waals surface area contributed by atoms with Gasteiger partial charge >= 0.3 is 0 Å². The van der Waals surface area contributed by atoms with Crippen molar-refractivity contribution in [3.63, 3.8) is 0 Å². The molecular weight excluding hydrogens is 300 g/mol. The molecule has 7 heteroatoms. The Kier molecular flexibility index (Phi) is 3.72. The molecule has 3 aromatic rings. The quantitative estimate of drug-likeness (QED) is 0.720. The number of aryl methyl sites for hydroxylation is 2. The Morgan fingerprint density at radius 2 is 2.23 bits per heavy atom. The SMILES string of the molecule is Cc1csc(CC(=O)N=Nc2c(O)[nH]c3c(C)cccc23)n1. The molecule has 0 aliphatic rings. The van der Waals surface area contributed by atoms with Gasteiger partial charge in [0.2, 0.25) is 5.88 Å². The summed E-state index contributed by atoms with van der Waals surface area (Å²) in [5, 5.41) is 20.9. The molecule has 0 saturated heterocycles. The van der Waals surface area contributed by atoms with Crippen LogP contribution in [0.4, 0.5) is 5.69 Å². The van der Waals surface area contributed by atoms with Gasteiger partial charge in [0.25, 0.3) is 5.91 Å². The number of aromatic amines is 1. The van der Waals surface area contributed by atoms with Crippen LogP contribution < -0.4 is 0 Å². The van der Waals surface area contributed by atoms with Gasteiger partial charge in [-0.15, -0.1) is 21.6 Å². The molecule has 2 N–H and O–H groups in total. The van der Waals surface area contributed by atoms with Gasteiger partial charge < -0.3 is 10.1 Å². The van der Waals surface area contributed by atoms with Crippen LogP contribution in [0.5, 0.6) is 5.88 Å². The number of benzene rings is 1. The number of hydrogen-bond acceptors (Lipinski definition) is 5. The van der Waals surface area contributed by atoms with Gasteiger partial charge in [0.15, 0.2) is 5.69 Å². The number of H-pyrrole nitrogens is 1. The number of azo groups is 1. The van der Waals surface area contributed by atoms with Gasteiger partial charge in [-0.2, -0.15) is 0 Å². The minimum atomic E-state index is -0.393. The van der Waals surface area contributed by atoms with E-state index in [4.69, 9.17) is 0 Å². The fraction of sp³-hybridized carbons (Fsp3) is 0.200. The molecule has 1 amide bonds. The first-order valence-corrected chi connectivity index (χ1v) is 7.58. The number of amides is 1. The molecule has 2 aromatic heterocycles. The molecule has 112 valence electrons. The highest BCUT2D eigenvalue weighted by Crippen LogP contribution is 2.36. The van der Waals surface area contributed by atoms with E-state index in [1.807, 2.05) is 37.4 Å². The number of hydrogen-bond donors (Lipinski definition) is 2. The lowest BCUT2D eigenvalue weighted by Gasteiger charge is -1.94. The highest BCUT2D eigenvalue weighted by Gasteiger charge is 2.12. The molecule has 0 aliphatic carbocycles. The fourth-order valence-corrected chi connectivity index (χ4v) is 2.95. The van der Waals surface area contributed by atoms with Crippen molar-refractivity contribution in [3.8, 4) is 5.88 Å². The standard InChI is InChI=1S/C15H14N4O2S/c1-8-4-3-5-10-13(8)17-15(21)14(10)19-18-11(20)6-12-16-9(2)7-22-12/h3-5,7,17,21H,6H2,1-2H3. The molecule has 1 aromatic carbocycles. The maximum Gasteiger partial charge on any atom is 0.271 e. The lowest BCUT2D eigenvalue weighted by Crippen LogP contribution is -1.97. The Morgan fingerprint density at radius 3 is 2.95 bits per heavy atom. The van der Waals surface area contributed by atoms with Crippen LogP contribution in [-0.2, 0) is 11.2 Å². The van der Waals surface area contributed by atoms with Crippen molar-refractivity contribution in [2.45, 2.75) is 20.3 Å². The average Bonchev–Trinajstić information content (AvgIpc) is 3.01. The van der Waals surface area contributed by atoms with E-state index in [-0.39, 0.29) is 18.0 Å². The molecule has 6 nitrogen and oxygen atoms in total. The number of carbonyl (C=O) groups excluding carboxylic acids is 1. The molecule has 0 atom stereocenters. The Balaban J connectivity index is 1.85. The minimum Gasteiger partial charge on any atom is -0.493 e. The second kappa shape index (κ2) is 5.69. The van der Waals surface area contributed by atoms with Gasteiger partial charge in [0.05, 0.1) is 11.9 Å². The Morgan fingerprint density at radius 1 is 1.41 bits per heavy atom. The number of para-hydroxylation sites is 1. The molecule has 22 heavy (non-hydrogen) atoms. The van der Waals surface area contributed by atoms with Crippen molar-refractivity contribution < 1.29 is 9.90 Å². The third kappa shape index (κ3) is 2.75. The summed E-state index contributed by atoms with van der Waals surface area (Å²) >= 11 is 1.42. The number of carbonyl (C=O) groups is 1. The summed E-state index contributed by atoms with van der Waals surface area (Å²) in [6, 6.07) is 5.61. The maximum absolute atomic E-state index is 11.8. The third-order valence-corrected chi connectivity index (χ3v) is 4.19. The zero-order valence-electron chi connectivity index (χ0n) is 12.1. The molecule has 0 spiro atoms. The van der Waals surface area contributed by atoms with E-state index >= 15 is 0 Å². The summed E-state index contributed by atoms with van der Waals surface area (Å²) in [5.41, 5.74) is 2.94. The van der Waals surface area contributed by atoms with E-state index in [9.17, 15) is 9.90 Å². The number of nitrogens with one attached hydrogen (secondary N) is 1. The third-order valence-electron chi connectivity index (χ3n) is 3.23. The zero-order valence-corrected chi connectivity index (χ0v) is 12.9. The largest absolute Gasteiger partial charge is 0.493 e. The van der Waals surface area contributed by atoms with E-state index in [1.165, 1.54) is 11.3 Å². The van der Waals surface area contributed by atoms with Crippen LogP contribution in [0.25, 0.3) is 10.9 Å². The van der Waals surface area contributed by atoms with E-state index in [1.54, 1.807) is 0 Å². The van der Waals surface area contributed by atoms with Crippen LogP contribution >= 0.6 is 11.3 Å². The molecule has 3 rings (SSSR count). The Bertz CT molecular complexity index is 879. The zero-order chi connectivity index (χ0) is 15.7. The molecule has 0 aliphatic heterocycles. The van der Waals surface area contributed by atoms with Gasteiger partial charge in [-0.3, -0.25) is 4.79 Å². The van der Waals surface area contributed by atoms with E-state index in [0.29, 0.717) is 5.01 Å². The van der Waals surface area contributed by atoms with Crippen molar-refractivity contribution >= 4 is 33.8 Å². The van der Waals surface area contributed by atoms with Gasteiger partial charge in [-0.25, -0.2) is 4.98 Å². The Labute approximate surface area is 130 Å². The first-order valence-electron chi connectivity index (χ1n) is 6.70. The summed E-state index contributed by atoms with van der Waals surface area (Å²) in [7, 11) is 0. The average molecular weight is 314 g/mol. The van der Waals surface area contributed by atoms with Crippen LogP contribution in [0.3, 0.4) is 0 Å². The van der Waals surface area contributed by atoms with Gasteiger partial charge in [0, 0.05) is 16.5 Å². The molecular formula is C15H14N4O2S. The summed E-state index contributed by atoms with van der Waals surface area (Å²) in [6.45, 7) is 3.80. The van der Waals surface area contributed by atoms with E-state index in [2.05, 4.69) is 20.2 Å². The normalized spacial score (nSPS) is 11.5. The molecule has 2 heterocycles. The van der Waals surface area contributed by atoms with Gasteiger partial charge in [-0.05, 0) is 19.4 Å². The second-order valence-electron chi connectivity index (χ2n) is 4.97. The van der Waals surface area contributed by atoms with Crippen LogP contribution in [-0.4, -0.2) is 21.0 Å². The maximum atomic E-state index is 11.8. The number of aromatic hydroxyl groups is 1.